The maximum absolute atomic E-state index is 12.5. The van der Waals surface area contributed by atoms with E-state index in [-0.39, 0.29) is 15.7 Å². The fraction of sp³-hybridized carbons (Fsp3) is 0.190. The van der Waals surface area contributed by atoms with Crippen LogP contribution in [0.5, 0.6) is 5.75 Å². The average Bonchev–Trinajstić information content (AvgIpc) is 3.28. The minimum atomic E-state index is -3.80. The number of nitrogens with one attached hydrogen (secondary N) is 2. The minimum absolute atomic E-state index is 0.00742. The van der Waals surface area contributed by atoms with Crippen molar-refractivity contribution >= 4 is 49.6 Å². The topological polar surface area (TPSA) is 139 Å². The molecule has 0 bridgehead atoms. The number of hydrogen-bond donors (Lipinski definition) is 2. The molecule has 0 aliphatic rings. The highest BCUT2D eigenvalue weighted by atomic mass is 32.2. The Morgan fingerprint density at radius 3 is 2.39 bits per heavy atom. The molecule has 0 saturated carbocycles. The Balaban J connectivity index is 1.67. The molecule has 0 unspecified atom stereocenters. The molecule has 1 aromatic heterocycles. The van der Waals surface area contributed by atoms with Gasteiger partial charge >= 0.3 is 0 Å². The molecule has 10 nitrogen and oxygen atoms in total. The number of amides is 1. The van der Waals surface area contributed by atoms with Crippen molar-refractivity contribution in [2.24, 2.45) is 10.2 Å². The number of Topliss-reactive ketones (excluding diaryl/α,β-unsaturated/α-hetero) is 1. The molecule has 12 heteroatoms. The average molecular weight is 488 g/mol. The predicted octanol–water partition coefficient (Wildman–Crippen LogP) is 4.02. The molecule has 1 amide bonds. The summed E-state index contributed by atoms with van der Waals surface area (Å²) in [7, 11) is -3.80. The van der Waals surface area contributed by atoms with E-state index in [1.807, 2.05) is 6.92 Å². The van der Waals surface area contributed by atoms with E-state index in [2.05, 4.69) is 25.3 Å². The van der Waals surface area contributed by atoms with Gasteiger partial charge in [-0.3, -0.25) is 14.3 Å². The third kappa shape index (κ3) is 6.67. The van der Waals surface area contributed by atoms with Crippen LogP contribution in [0.25, 0.3) is 0 Å². The number of sulfonamides is 1. The summed E-state index contributed by atoms with van der Waals surface area (Å²) < 4.78 is 32.5. The second-order valence-corrected chi connectivity index (χ2v) is 9.19. The van der Waals surface area contributed by atoms with Crippen molar-refractivity contribution in [1.29, 1.82) is 0 Å². The molecular weight excluding hydrogens is 466 g/mol. The molecule has 0 spiro atoms. The molecule has 3 rings (SSSR count). The van der Waals surface area contributed by atoms with E-state index < -0.39 is 27.8 Å². The first-order valence-electron chi connectivity index (χ1n) is 9.76. The van der Waals surface area contributed by atoms with Crippen LogP contribution < -0.4 is 14.8 Å². The summed E-state index contributed by atoms with van der Waals surface area (Å²) in [6, 6.07) is 10.9. The quantitative estimate of drug-likeness (QED) is 0.327. The summed E-state index contributed by atoms with van der Waals surface area (Å²) in [6.07, 6.45) is 1.49. The number of hydrogen-bond acceptors (Lipinski definition) is 9. The van der Waals surface area contributed by atoms with E-state index in [0.717, 1.165) is 11.3 Å². The summed E-state index contributed by atoms with van der Waals surface area (Å²) >= 11 is 1.16. The molecule has 172 valence electrons. The van der Waals surface area contributed by atoms with E-state index in [4.69, 9.17) is 4.74 Å². The highest BCUT2D eigenvalue weighted by Gasteiger charge is 2.23. The van der Waals surface area contributed by atoms with Gasteiger partial charge in [0.1, 0.15) is 5.75 Å². The Bertz CT molecular complexity index is 1230. The van der Waals surface area contributed by atoms with Gasteiger partial charge in [-0.2, -0.15) is 10.2 Å². The Hall–Kier alpha value is -3.64. The molecule has 1 atom stereocenters. The van der Waals surface area contributed by atoms with Crippen molar-refractivity contribution in [2.45, 2.75) is 24.8 Å². The van der Waals surface area contributed by atoms with Crippen LogP contribution in [-0.2, 0) is 19.6 Å². The number of azo groups is 1. The van der Waals surface area contributed by atoms with E-state index >= 15 is 0 Å². The predicted molar refractivity (Wildman–Crippen MR) is 125 cm³/mol. The van der Waals surface area contributed by atoms with E-state index in [1.165, 1.54) is 37.4 Å². The van der Waals surface area contributed by atoms with Crippen LogP contribution in [0.1, 0.15) is 13.8 Å². The molecule has 2 aromatic carbocycles. The van der Waals surface area contributed by atoms with Crippen LogP contribution in [0.4, 0.5) is 16.5 Å². The molecule has 0 fully saturated rings. The molecule has 0 aliphatic carbocycles. The Morgan fingerprint density at radius 1 is 1.12 bits per heavy atom. The van der Waals surface area contributed by atoms with E-state index in [9.17, 15) is 18.0 Å². The highest BCUT2D eigenvalue weighted by Crippen LogP contribution is 2.21. The zero-order valence-corrected chi connectivity index (χ0v) is 19.4. The van der Waals surface area contributed by atoms with Crippen LogP contribution in [0, 0.1) is 0 Å². The van der Waals surface area contributed by atoms with Crippen molar-refractivity contribution in [3.63, 3.8) is 0 Å². The number of carbonyl (C=O) groups excluding carboxylic acids is 2. The minimum Gasteiger partial charge on any atom is -0.494 e. The van der Waals surface area contributed by atoms with Gasteiger partial charge in [-0.25, -0.2) is 13.4 Å². The van der Waals surface area contributed by atoms with Gasteiger partial charge in [0.15, 0.2) is 10.9 Å². The van der Waals surface area contributed by atoms with Gasteiger partial charge in [0.2, 0.25) is 6.04 Å². The molecule has 3 aromatic rings. The largest absolute Gasteiger partial charge is 0.494 e. The monoisotopic (exact) mass is 487 g/mol. The van der Waals surface area contributed by atoms with Crippen molar-refractivity contribution in [3.05, 3.63) is 60.1 Å². The van der Waals surface area contributed by atoms with Gasteiger partial charge < -0.3 is 10.1 Å². The van der Waals surface area contributed by atoms with Crippen LogP contribution >= 0.6 is 11.3 Å². The van der Waals surface area contributed by atoms with Crippen LogP contribution in [0.2, 0.25) is 0 Å². The van der Waals surface area contributed by atoms with Crippen LogP contribution in [0.15, 0.2) is 75.2 Å². The number of benzene rings is 2. The highest BCUT2D eigenvalue weighted by molar-refractivity contribution is 7.93. The summed E-state index contributed by atoms with van der Waals surface area (Å²) in [4.78, 5) is 28.4. The van der Waals surface area contributed by atoms with Crippen molar-refractivity contribution in [3.8, 4) is 5.75 Å². The second-order valence-electron chi connectivity index (χ2n) is 6.61. The number of thiazole rings is 1. The van der Waals surface area contributed by atoms with Gasteiger partial charge in [-0.1, -0.05) is 0 Å². The summed E-state index contributed by atoms with van der Waals surface area (Å²) in [5.74, 6) is -0.470. The molecule has 2 N–H and O–H groups in total. The Kier molecular flexibility index (Phi) is 7.85. The number of aromatic nitrogens is 1. The fourth-order valence-electron chi connectivity index (χ4n) is 2.59. The number of carbonyl (C=O) groups is 2. The molecule has 0 saturated heterocycles. The summed E-state index contributed by atoms with van der Waals surface area (Å²) in [6.45, 7) is 3.62. The number of ether oxygens (including phenoxy) is 1. The lowest BCUT2D eigenvalue weighted by Gasteiger charge is -2.10. The van der Waals surface area contributed by atoms with Crippen LogP contribution in [-0.4, -0.2) is 37.7 Å². The first-order chi connectivity index (χ1) is 15.8. The first-order valence-corrected chi connectivity index (χ1v) is 12.1. The van der Waals surface area contributed by atoms with Crippen molar-refractivity contribution in [2.75, 3.05) is 16.6 Å². The van der Waals surface area contributed by atoms with Crippen LogP contribution in [0.3, 0.4) is 0 Å². The van der Waals surface area contributed by atoms with E-state index in [1.54, 1.807) is 29.6 Å². The fourth-order valence-corrected chi connectivity index (χ4v) is 4.38. The Morgan fingerprint density at radius 2 is 1.82 bits per heavy atom. The number of rotatable bonds is 10. The zero-order valence-electron chi connectivity index (χ0n) is 17.8. The van der Waals surface area contributed by atoms with Gasteiger partial charge in [-0.15, -0.1) is 11.3 Å². The van der Waals surface area contributed by atoms with Gasteiger partial charge in [-0.05, 0) is 62.4 Å². The number of nitrogens with zero attached hydrogens (tertiary/aromatic N) is 3. The second kappa shape index (κ2) is 10.8. The van der Waals surface area contributed by atoms with E-state index in [0.29, 0.717) is 18.0 Å². The lowest BCUT2D eigenvalue weighted by molar-refractivity contribution is -0.126. The first kappa shape index (κ1) is 24.0. The summed E-state index contributed by atoms with van der Waals surface area (Å²) in [5.41, 5.74) is 0.760. The molecule has 1 heterocycles. The summed E-state index contributed by atoms with van der Waals surface area (Å²) in [5, 5.41) is 12.3. The lowest BCUT2D eigenvalue weighted by Crippen LogP contribution is -2.31. The third-order valence-corrected chi connectivity index (χ3v) is 6.33. The zero-order chi connectivity index (χ0) is 23.8. The standard InChI is InChI=1S/C21H21N5O5S2/c1-3-31-17-8-4-15(5-9-17)23-20(28)19(14(2)27)25-24-16-6-10-18(11-7-16)33(29,30)26-21-22-12-13-32-21/h4-13,19H,3H2,1-2H3,(H,22,26)(H,23,28)/t19-/m0/s1. The Labute approximate surface area is 194 Å². The molecule has 0 aliphatic heterocycles. The van der Waals surface area contributed by atoms with Gasteiger partial charge in [0.25, 0.3) is 15.9 Å². The lowest BCUT2D eigenvalue weighted by atomic mass is 10.2. The number of anilines is 2. The normalized spacial score (nSPS) is 12.3. The molecular formula is C21H21N5O5S2. The van der Waals surface area contributed by atoms with Gasteiger partial charge in [0, 0.05) is 17.3 Å². The smallest absolute Gasteiger partial charge is 0.263 e. The maximum atomic E-state index is 12.5. The SMILES string of the molecule is CCOc1ccc(NC(=O)[C@@H](N=Nc2ccc(S(=O)(=O)Nc3nccs3)cc2)C(C)=O)cc1. The van der Waals surface area contributed by atoms with Crippen molar-refractivity contribution in [1.82, 2.24) is 4.98 Å². The number of ketones is 1. The molecule has 33 heavy (non-hydrogen) atoms. The maximum Gasteiger partial charge on any atom is 0.263 e. The third-order valence-electron chi connectivity index (χ3n) is 4.16. The van der Waals surface area contributed by atoms with Crippen molar-refractivity contribution < 1.29 is 22.7 Å². The van der Waals surface area contributed by atoms with Gasteiger partial charge in [0.05, 0.1) is 17.2 Å². The molecule has 0 radical (unpaired) electrons.